The average Bonchev–Trinajstić information content (AvgIpc) is 2.06. The molecule has 72 valence electrons. The summed E-state index contributed by atoms with van der Waals surface area (Å²) < 4.78 is 2.22. The summed E-state index contributed by atoms with van der Waals surface area (Å²) in [6, 6.07) is 4.60. The maximum absolute atomic E-state index is 3.53. The Balaban J connectivity index is 3.04. The number of anilines is 1. The molecule has 0 radical (unpaired) electrons. The maximum Gasteiger partial charge on any atom is 0.0383 e. The Hall–Kier alpha value is -0.0200. The molecule has 1 rings (SSSR count). The molecule has 0 bridgehead atoms. The van der Waals surface area contributed by atoms with Crippen LogP contribution in [0.25, 0.3) is 0 Å². The van der Waals surface area contributed by atoms with Gasteiger partial charge in [0, 0.05) is 20.7 Å². The van der Waals surface area contributed by atoms with Crippen LogP contribution in [0.1, 0.15) is 19.4 Å². The molecular weight excluding hydrogens is 294 g/mol. The van der Waals surface area contributed by atoms with Crippen molar-refractivity contribution in [1.82, 2.24) is 0 Å². The number of hydrogen-bond donors (Lipinski definition) is 1. The summed E-state index contributed by atoms with van der Waals surface area (Å²) in [5.41, 5.74) is 2.42. The van der Waals surface area contributed by atoms with Crippen LogP contribution in [0.4, 0.5) is 5.69 Å². The Morgan fingerprint density at radius 3 is 2.38 bits per heavy atom. The van der Waals surface area contributed by atoms with E-state index in [4.69, 9.17) is 0 Å². The summed E-state index contributed by atoms with van der Waals surface area (Å²) in [5, 5.41) is 3.39. The number of halogens is 2. The Morgan fingerprint density at radius 2 is 1.85 bits per heavy atom. The van der Waals surface area contributed by atoms with Crippen LogP contribution in [0.2, 0.25) is 0 Å². The molecule has 0 aromatic heterocycles. The van der Waals surface area contributed by atoms with E-state index in [0.717, 1.165) is 8.95 Å². The first-order chi connectivity index (χ1) is 6.02. The Kier molecular flexibility index (Phi) is 3.80. The number of rotatable bonds is 2. The van der Waals surface area contributed by atoms with Gasteiger partial charge in [-0.05, 0) is 70.3 Å². The zero-order valence-corrected chi connectivity index (χ0v) is 11.2. The minimum atomic E-state index is 0.465. The van der Waals surface area contributed by atoms with Crippen LogP contribution < -0.4 is 5.32 Å². The molecule has 0 fully saturated rings. The van der Waals surface area contributed by atoms with Crippen LogP contribution in [0.15, 0.2) is 21.1 Å². The molecule has 0 aliphatic carbocycles. The van der Waals surface area contributed by atoms with Crippen LogP contribution in [-0.4, -0.2) is 6.04 Å². The molecule has 0 heterocycles. The highest BCUT2D eigenvalue weighted by molar-refractivity contribution is 9.13. The highest BCUT2D eigenvalue weighted by Gasteiger charge is 2.05. The molecule has 0 saturated carbocycles. The SMILES string of the molecule is Cc1c(NC(C)C)ccc(Br)c1Br. The van der Waals surface area contributed by atoms with E-state index in [0.29, 0.717) is 6.04 Å². The van der Waals surface area contributed by atoms with Crippen molar-refractivity contribution in [3.8, 4) is 0 Å². The molecular formula is C10H13Br2N. The summed E-state index contributed by atoms with van der Waals surface area (Å²) in [6.07, 6.45) is 0. The summed E-state index contributed by atoms with van der Waals surface area (Å²) in [5.74, 6) is 0. The van der Waals surface area contributed by atoms with Gasteiger partial charge in [-0.15, -0.1) is 0 Å². The fourth-order valence-corrected chi connectivity index (χ4v) is 1.89. The van der Waals surface area contributed by atoms with E-state index in [1.54, 1.807) is 0 Å². The first kappa shape index (κ1) is 11.1. The van der Waals surface area contributed by atoms with Crippen LogP contribution >= 0.6 is 31.9 Å². The molecule has 0 atom stereocenters. The minimum absolute atomic E-state index is 0.465. The van der Waals surface area contributed by atoms with Crippen LogP contribution in [0.5, 0.6) is 0 Å². The lowest BCUT2D eigenvalue weighted by molar-refractivity contribution is 0.897. The van der Waals surface area contributed by atoms with Gasteiger partial charge in [-0.1, -0.05) is 0 Å². The second-order valence-corrected chi connectivity index (χ2v) is 4.98. The summed E-state index contributed by atoms with van der Waals surface area (Å²) in [6.45, 7) is 6.37. The predicted molar refractivity (Wildman–Crippen MR) is 65.3 cm³/mol. The van der Waals surface area contributed by atoms with Crippen molar-refractivity contribution in [2.24, 2.45) is 0 Å². The van der Waals surface area contributed by atoms with Gasteiger partial charge in [-0.25, -0.2) is 0 Å². The van der Waals surface area contributed by atoms with Gasteiger partial charge >= 0.3 is 0 Å². The number of nitrogens with one attached hydrogen (secondary N) is 1. The zero-order chi connectivity index (χ0) is 10.0. The highest BCUT2D eigenvalue weighted by Crippen LogP contribution is 2.31. The lowest BCUT2D eigenvalue weighted by Crippen LogP contribution is -2.10. The molecule has 0 aliphatic heterocycles. The average molecular weight is 307 g/mol. The van der Waals surface area contributed by atoms with Gasteiger partial charge in [0.05, 0.1) is 0 Å². The molecule has 1 nitrogen and oxygen atoms in total. The van der Waals surface area contributed by atoms with Crippen molar-refractivity contribution in [2.75, 3.05) is 5.32 Å². The highest BCUT2D eigenvalue weighted by atomic mass is 79.9. The van der Waals surface area contributed by atoms with Crippen LogP contribution in [-0.2, 0) is 0 Å². The normalized spacial score (nSPS) is 10.6. The van der Waals surface area contributed by atoms with Gasteiger partial charge in [0.15, 0.2) is 0 Å². The van der Waals surface area contributed by atoms with Crippen molar-refractivity contribution in [3.63, 3.8) is 0 Å². The largest absolute Gasteiger partial charge is 0.383 e. The van der Waals surface area contributed by atoms with Crippen LogP contribution in [0.3, 0.4) is 0 Å². The van der Waals surface area contributed by atoms with Crippen LogP contribution in [0, 0.1) is 6.92 Å². The minimum Gasteiger partial charge on any atom is -0.383 e. The summed E-state index contributed by atoms with van der Waals surface area (Å²) >= 11 is 7.00. The third-order valence-electron chi connectivity index (χ3n) is 1.78. The fraction of sp³-hybridized carbons (Fsp3) is 0.400. The Labute approximate surface area is 96.2 Å². The van der Waals surface area contributed by atoms with E-state index in [2.05, 4.69) is 64.0 Å². The molecule has 13 heavy (non-hydrogen) atoms. The first-order valence-electron chi connectivity index (χ1n) is 4.23. The fourth-order valence-electron chi connectivity index (χ4n) is 1.12. The lowest BCUT2D eigenvalue weighted by Gasteiger charge is -2.14. The van der Waals surface area contributed by atoms with E-state index < -0.39 is 0 Å². The molecule has 1 aromatic carbocycles. The summed E-state index contributed by atoms with van der Waals surface area (Å²) in [4.78, 5) is 0. The maximum atomic E-state index is 3.53. The molecule has 0 amide bonds. The van der Waals surface area contributed by atoms with Gasteiger partial charge in [-0.2, -0.15) is 0 Å². The molecule has 0 unspecified atom stereocenters. The van der Waals surface area contributed by atoms with E-state index in [1.807, 2.05) is 6.07 Å². The molecule has 0 spiro atoms. The van der Waals surface area contributed by atoms with Crippen molar-refractivity contribution in [3.05, 3.63) is 26.6 Å². The lowest BCUT2D eigenvalue weighted by atomic mass is 10.2. The van der Waals surface area contributed by atoms with E-state index in [1.165, 1.54) is 11.3 Å². The third-order valence-corrected chi connectivity index (χ3v) is 4.00. The van der Waals surface area contributed by atoms with E-state index >= 15 is 0 Å². The number of hydrogen-bond acceptors (Lipinski definition) is 1. The second kappa shape index (κ2) is 4.47. The van der Waals surface area contributed by atoms with Gasteiger partial charge in [0.25, 0.3) is 0 Å². The van der Waals surface area contributed by atoms with Gasteiger partial charge in [-0.3, -0.25) is 0 Å². The molecule has 0 saturated heterocycles. The predicted octanol–water partition coefficient (Wildman–Crippen LogP) is 4.34. The Bertz CT molecular complexity index is 308. The zero-order valence-electron chi connectivity index (χ0n) is 7.99. The van der Waals surface area contributed by atoms with Gasteiger partial charge < -0.3 is 5.32 Å². The van der Waals surface area contributed by atoms with Crippen molar-refractivity contribution in [1.29, 1.82) is 0 Å². The topological polar surface area (TPSA) is 12.0 Å². The van der Waals surface area contributed by atoms with Crippen molar-refractivity contribution >= 4 is 37.5 Å². The molecule has 1 aromatic rings. The standard InChI is InChI=1S/C10H13Br2N/c1-6(2)13-9-5-4-8(11)10(12)7(9)3/h4-6,13H,1-3H3. The molecule has 1 N–H and O–H groups in total. The van der Waals surface area contributed by atoms with Gasteiger partial charge in [0.2, 0.25) is 0 Å². The first-order valence-corrected chi connectivity index (χ1v) is 5.82. The van der Waals surface area contributed by atoms with Crippen molar-refractivity contribution < 1.29 is 0 Å². The molecule has 3 heteroatoms. The van der Waals surface area contributed by atoms with E-state index in [9.17, 15) is 0 Å². The number of benzene rings is 1. The summed E-state index contributed by atoms with van der Waals surface area (Å²) in [7, 11) is 0. The Morgan fingerprint density at radius 1 is 1.23 bits per heavy atom. The monoisotopic (exact) mass is 305 g/mol. The smallest absolute Gasteiger partial charge is 0.0383 e. The third kappa shape index (κ3) is 2.71. The van der Waals surface area contributed by atoms with E-state index in [-0.39, 0.29) is 0 Å². The quantitative estimate of drug-likeness (QED) is 0.857. The van der Waals surface area contributed by atoms with Gasteiger partial charge in [0.1, 0.15) is 0 Å². The molecule has 0 aliphatic rings. The second-order valence-electron chi connectivity index (χ2n) is 3.33. The van der Waals surface area contributed by atoms with Crippen molar-refractivity contribution in [2.45, 2.75) is 26.8 Å².